The highest BCUT2D eigenvalue weighted by Gasteiger charge is 2.08. The largest absolute Gasteiger partial charge is 0.507 e. The number of rotatable bonds is 2. The average Bonchev–Trinajstić information content (AvgIpc) is 2.30. The van der Waals surface area contributed by atoms with Crippen LogP contribution in [0.2, 0.25) is 0 Å². The molecule has 5 nitrogen and oxygen atoms in total. The summed E-state index contributed by atoms with van der Waals surface area (Å²) >= 11 is 0. The fourth-order valence-electron chi connectivity index (χ4n) is 1.30. The number of aromatic hydroxyl groups is 1. The maximum absolute atomic E-state index is 10.5. The maximum atomic E-state index is 10.5. The predicted molar refractivity (Wildman–Crippen MR) is 56.1 cm³/mol. The molecule has 1 aromatic heterocycles. The Labute approximate surface area is 91.0 Å². The topological polar surface area (TPSA) is 83.3 Å². The van der Waals surface area contributed by atoms with Crippen LogP contribution in [-0.2, 0) is 0 Å². The number of carboxylic acids is 1. The highest BCUT2D eigenvalue weighted by molar-refractivity contribution is 5.83. The van der Waals surface area contributed by atoms with E-state index in [1.54, 1.807) is 24.3 Å². The van der Waals surface area contributed by atoms with Crippen LogP contribution < -0.4 is 0 Å². The van der Waals surface area contributed by atoms with Crippen LogP contribution in [0.15, 0.2) is 36.7 Å². The van der Waals surface area contributed by atoms with Crippen LogP contribution in [-0.4, -0.2) is 26.2 Å². The molecule has 0 unspecified atom stereocenters. The second-order valence-corrected chi connectivity index (χ2v) is 3.12. The van der Waals surface area contributed by atoms with Crippen molar-refractivity contribution in [1.29, 1.82) is 0 Å². The van der Waals surface area contributed by atoms with Gasteiger partial charge in [-0.15, -0.1) is 0 Å². The minimum Gasteiger partial charge on any atom is -0.507 e. The Morgan fingerprint density at radius 1 is 1.12 bits per heavy atom. The van der Waals surface area contributed by atoms with Crippen LogP contribution in [0, 0.1) is 0 Å². The zero-order valence-electron chi connectivity index (χ0n) is 8.16. The second-order valence-electron chi connectivity index (χ2n) is 3.12. The first-order chi connectivity index (χ1) is 7.68. The highest BCUT2D eigenvalue weighted by atomic mass is 16.4. The van der Waals surface area contributed by atoms with Crippen LogP contribution in [0.5, 0.6) is 5.75 Å². The molecule has 0 saturated carbocycles. The molecule has 2 aromatic rings. The summed E-state index contributed by atoms with van der Waals surface area (Å²) in [5.74, 6) is -1.34. The summed E-state index contributed by atoms with van der Waals surface area (Å²) in [6.07, 6.45) is 2.73. The zero-order valence-corrected chi connectivity index (χ0v) is 8.16. The monoisotopic (exact) mass is 216 g/mol. The van der Waals surface area contributed by atoms with Crippen molar-refractivity contribution in [3.63, 3.8) is 0 Å². The number of carbonyl (C=O) groups is 1. The molecular formula is C11H8N2O3. The summed E-state index contributed by atoms with van der Waals surface area (Å²) in [6, 6.07) is 6.71. The molecular weight excluding hydrogens is 208 g/mol. The zero-order chi connectivity index (χ0) is 11.5. The number of hydrogen-bond donors (Lipinski definition) is 2. The SMILES string of the molecule is O=C(O)c1ncc(-c2ccccc2O)cn1. The van der Waals surface area contributed by atoms with Crippen LogP contribution in [0.25, 0.3) is 11.1 Å². The quantitative estimate of drug-likeness (QED) is 0.795. The molecule has 0 atom stereocenters. The molecule has 5 heteroatoms. The van der Waals surface area contributed by atoms with E-state index in [1.165, 1.54) is 12.4 Å². The van der Waals surface area contributed by atoms with E-state index in [4.69, 9.17) is 5.11 Å². The van der Waals surface area contributed by atoms with Crippen LogP contribution in [0.3, 0.4) is 0 Å². The van der Waals surface area contributed by atoms with E-state index in [0.717, 1.165) is 0 Å². The van der Waals surface area contributed by atoms with Crippen molar-refractivity contribution < 1.29 is 15.0 Å². The van der Waals surface area contributed by atoms with Crippen molar-refractivity contribution in [2.75, 3.05) is 0 Å². The summed E-state index contributed by atoms with van der Waals surface area (Å²) < 4.78 is 0. The minimum atomic E-state index is -1.18. The van der Waals surface area contributed by atoms with Crippen molar-refractivity contribution in [3.8, 4) is 16.9 Å². The van der Waals surface area contributed by atoms with Crippen molar-refractivity contribution in [2.45, 2.75) is 0 Å². The molecule has 16 heavy (non-hydrogen) atoms. The van der Waals surface area contributed by atoms with E-state index in [0.29, 0.717) is 11.1 Å². The van der Waals surface area contributed by atoms with Crippen molar-refractivity contribution >= 4 is 5.97 Å². The van der Waals surface area contributed by atoms with Gasteiger partial charge < -0.3 is 10.2 Å². The van der Waals surface area contributed by atoms with Gasteiger partial charge in [-0.2, -0.15) is 0 Å². The molecule has 0 fully saturated rings. The standard InChI is InChI=1S/C11H8N2O3/c14-9-4-2-1-3-8(9)7-5-12-10(11(15)16)13-6-7/h1-6,14H,(H,15,16). The van der Waals surface area contributed by atoms with Gasteiger partial charge in [0.25, 0.3) is 0 Å². The predicted octanol–water partition coefficient (Wildman–Crippen LogP) is 1.55. The van der Waals surface area contributed by atoms with Gasteiger partial charge in [0, 0.05) is 23.5 Å². The summed E-state index contributed by atoms with van der Waals surface area (Å²) in [7, 11) is 0. The summed E-state index contributed by atoms with van der Waals surface area (Å²) in [5, 5.41) is 18.2. The number of hydrogen-bond acceptors (Lipinski definition) is 4. The fourth-order valence-corrected chi connectivity index (χ4v) is 1.30. The van der Waals surface area contributed by atoms with Crippen molar-refractivity contribution in [1.82, 2.24) is 9.97 Å². The molecule has 0 bridgehead atoms. The number of aromatic nitrogens is 2. The Bertz CT molecular complexity index is 523. The van der Waals surface area contributed by atoms with Gasteiger partial charge in [0.1, 0.15) is 5.75 Å². The number of phenolic OH excluding ortho intramolecular Hbond substituents is 1. The van der Waals surface area contributed by atoms with Gasteiger partial charge in [0.2, 0.25) is 5.82 Å². The van der Waals surface area contributed by atoms with E-state index < -0.39 is 5.97 Å². The molecule has 0 amide bonds. The van der Waals surface area contributed by atoms with E-state index >= 15 is 0 Å². The minimum absolute atomic E-state index is 0.106. The number of nitrogens with zero attached hydrogens (tertiary/aromatic N) is 2. The molecule has 2 rings (SSSR count). The lowest BCUT2D eigenvalue weighted by Crippen LogP contribution is -2.03. The molecule has 0 spiro atoms. The second kappa shape index (κ2) is 3.98. The third kappa shape index (κ3) is 1.83. The number of para-hydroxylation sites is 1. The molecule has 0 aliphatic rings. The Morgan fingerprint density at radius 2 is 1.75 bits per heavy atom. The van der Waals surface area contributed by atoms with E-state index in [9.17, 15) is 9.90 Å². The lowest BCUT2D eigenvalue weighted by atomic mass is 10.1. The third-order valence-electron chi connectivity index (χ3n) is 2.06. The molecule has 1 heterocycles. The molecule has 0 aliphatic heterocycles. The van der Waals surface area contributed by atoms with Gasteiger partial charge in [-0.3, -0.25) is 0 Å². The van der Waals surface area contributed by atoms with Crippen LogP contribution in [0.1, 0.15) is 10.6 Å². The van der Waals surface area contributed by atoms with Gasteiger partial charge >= 0.3 is 5.97 Å². The van der Waals surface area contributed by atoms with E-state index in [-0.39, 0.29) is 11.6 Å². The number of phenols is 1. The van der Waals surface area contributed by atoms with E-state index in [1.807, 2.05) is 0 Å². The molecule has 0 radical (unpaired) electrons. The van der Waals surface area contributed by atoms with Gasteiger partial charge in [0.15, 0.2) is 0 Å². The third-order valence-corrected chi connectivity index (χ3v) is 2.06. The lowest BCUT2D eigenvalue weighted by Gasteiger charge is -2.03. The molecule has 2 N–H and O–H groups in total. The first kappa shape index (κ1) is 10.1. The first-order valence-corrected chi connectivity index (χ1v) is 4.52. The first-order valence-electron chi connectivity index (χ1n) is 4.52. The molecule has 0 aliphatic carbocycles. The smallest absolute Gasteiger partial charge is 0.373 e. The van der Waals surface area contributed by atoms with Crippen molar-refractivity contribution in [2.24, 2.45) is 0 Å². The van der Waals surface area contributed by atoms with Crippen molar-refractivity contribution in [3.05, 3.63) is 42.5 Å². The molecule has 80 valence electrons. The highest BCUT2D eigenvalue weighted by Crippen LogP contribution is 2.27. The normalized spacial score (nSPS) is 10.0. The number of aromatic carboxylic acids is 1. The maximum Gasteiger partial charge on any atom is 0.373 e. The Morgan fingerprint density at radius 3 is 2.31 bits per heavy atom. The Balaban J connectivity index is 2.43. The lowest BCUT2D eigenvalue weighted by molar-refractivity contribution is 0.0683. The van der Waals surface area contributed by atoms with E-state index in [2.05, 4.69) is 9.97 Å². The van der Waals surface area contributed by atoms with Gasteiger partial charge in [-0.25, -0.2) is 14.8 Å². The fraction of sp³-hybridized carbons (Fsp3) is 0. The van der Waals surface area contributed by atoms with Crippen LogP contribution >= 0.6 is 0 Å². The number of benzene rings is 1. The summed E-state index contributed by atoms with van der Waals surface area (Å²) in [5.41, 5.74) is 1.14. The average molecular weight is 216 g/mol. The summed E-state index contributed by atoms with van der Waals surface area (Å²) in [4.78, 5) is 17.9. The van der Waals surface area contributed by atoms with Gasteiger partial charge in [-0.1, -0.05) is 18.2 Å². The summed E-state index contributed by atoms with van der Waals surface area (Å²) in [6.45, 7) is 0. The van der Waals surface area contributed by atoms with Crippen LogP contribution in [0.4, 0.5) is 0 Å². The van der Waals surface area contributed by atoms with Gasteiger partial charge in [0.05, 0.1) is 0 Å². The Kier molecular flexibility index (Phi) is 2.51. The Hall–Kier alpha value is -2.43. The number of carboxylic acid groups (broad SMARTS) is 1. The molecule has 0 saturated heterocycles. The van der Waals surface area contributed by atoms with Gasteiger partial charge in [-0.05, 0) is 6.07 Å². The molecule has 1 aromatic carbocycles.